The lowest BCUT2D eigenvalue weighted by Crippen LogP contribution is -2.51. The molecule has 0 radical (unpaired) electrons. The number of nitrogens with one attached hydrogen (secondary N) is 1. The van der Waals surface area contributed by atoms with Crippen LogP contribution in [-0.2, 0) is 14.4 Å². The Morgan fingerprint density at radius 2 is 1.75 bits per heavy atom. The number of hydrogen-bond acceptors (Lipinski definition) is 4. The van der Waals surface area contributed by atoms with Crippen LogP contribution in [0.15, 0.2) is 53.0 Å². The molecule has 168 valence electrons. The highest BCUT2D eigenvalue weighted by atomic mass is 79.9. The van der Waals surface area contributed by atoms with E-state index in [1.54, 1.807) is 9.80 Å². The number of nitrogens with zero attached hydrogens (tertiary/aromatic N) is 3. The molecule has 0 spiro atoms. The Labute approximate surface area is 196 Å². The van der Waals surface area contributed by atoms with Gasteiger partial charge in [-0.15, -0.1) is 0 Å². The molecular weight excluding hydrogens is 472 g/mol. The number of carbonyl (C=O) groups is 3. The van der Waals surface area contributed by atoms with Crippen molar-refractivity contribution in [3.63, 3.8) is 0 Å². The van der Waals surface area contributed by atoms with Gasteiger partial charge in [0.1, 0.15) is 0 Å². The lowest BCUT2D eigenvalue weighted by atomic mass is 10.1. The van der Waals surface area contributed by atoms with Crippen molar-refractivity contribution in [3.8, 4) is 0 Å². The van der Waals surface area contributed by atoms with Crippen LogP contribution in [0.2, 0.25) is 0 Å². The van der Waals surface area contributed by atoms with Gasteiger partial charge in [0.2, 0.25) is 17.7 Å². The Kier molecular flexibility index (Phi) is 6.79. The molecule has 2 heterocycles. The number of carbonyl (C=O) groups excluding carboxylic acids is 3. The van der Waals surface area contributed by atoms with E-state index in [1.807, 2.05) is 43.3 Å². The van der Waals surface area contributed by atoms with Crippen LogP contribution in [0.1, 0.15) is 12.0 Å². The number of amides is 3. The summed E-state index contributed by atoms with van der Waals surface area (Å²) in [7, 11) is 0. The van der Waals surface area contributed by atoms with Gasteiger partial charge in [-0.1, -0.05) is 34.1 Å². The summed E-state index contributed by atoms with van der Waals surface area (Å²) >= 11 is 3.46. The molecule has 0 bridgehead atoms. The normalized spacial score (nSPS) is 18.8. The van der Waals surface area contributed by atoms with Crippen LogP contribution in [0, 0.1) is 12.8 Å². The van der Waals surface area contributed by atoms with E-state index in [-0.39, 0.29) is 30.7 Å². The molecule has 2 aromatic rings. The minimum atomic E-state index is -0.450. The molecule has 0 aliphatic carbocycles. The third-order valence-corrected chi connectivity index (χ3v) is 7.01. The van der Waals surface area contributed by atoms with Gasteiger partial charge in [0, 0.05) is 55.0 Å². The second-order valence-corrected chi connectivity index (χ2v) is 9.11. The molecule has 2 aliphatic heterocycles. The molecular formula is C24H27BrN4O3. The first-order valence-electron chi connectivity index (χ1n) is 10.8. The molecule has 2 saturated heterocycles. The summed E-state index contributed by atoms with van der Waals surface area (Å²) in [6.07, 6.45) is 0.158. The van der Waals surface area contributed by atoms with E-state index in [0.29, 0.717) is 19.6 Å². The van der Waals surface area contributed by atoms with Crippen molar-refractivity contribution in [2.24, 2.45) is 5.92 Å². The van der Waals surface area contributed by atoms with Gasteiger partial charge < -0.3 is 20.0 Å². The smallest absolute Gasteiger partial charge is 0.242 e. The molecule has 1 atom stereocenters. The van der Waals surface area contributed by atoms with Gasteiger partial charge in [-0.05, 0) is 42.8 Å². The third-order valence-electron chi connectivity index (χ3n) is 6.12. The molecule has 1 unspecified atom stereocenters. The number of rotatable bonds is 5. The Morgan fingerprint density at radius 1 is 1.03 bits per heavy atom. The summed E-state index contributed by atoms with van der Waals surface area (Å²) in [5.74, 6) is -0.855. The largest absolute Gasteiger partial charge is 0.368 e. The standard InChI is InChI=1S/C24H27BrN4O3/c1-17-13-20(7-8-21(17)25)29-16-18(14-22(29)30)24(32)26-15-23(31)28-11-9-27(10-12-28)19-5-3-2-4-6-19/h2-8,13,18H,9-12,14-16H2,1H3,(H,26,32). The molecule has 0 saturated carbocycles. The lowest BCUT2D eigenvalue weighted by Gasteiger charge is -2.36. The fourth-order valence-corrected chi connectivity index (χ4v) is 4.45. The van der Waals surface area contributed by atoms with Gasteiger partial charge >= 0.3 is 0 Å². The average molecular weight is 499 g/mol. The summed E-state index contributed by atoms with van der Waals surface area (Å²) in [6.45, 7) is 5.04. The number of hydrogen-bond donors (Lipinski definition) is 1. The van der Waals surface area contributed by atoms with Gasteiger partial charge in [-0.25, -0.2) is 0 Å². The van der Waals surface area contributed by atoms with Crippen molar-refractivity contribution in [2.45, 2.75) is 13.3 Å². The summed E-state index contributed by atoms with van der Waals surface area (Å²) in [5.41, 5.74) is 2.98. The SMILES string of the molecule is Cc1cc(N2CC(C(=O)NCC(=O)N3CCN(c4ccccc4)CC3)CC2=O)ccc1Br. The van der Waals surface area contributed by atoms with Gasteiger partial charge in [0.05, 0.1) is 12.5 Å². The zero-order chi connectivity index (χ0) is 22.7. The van der Waals surface area contributed by atoms with Crippen molar-refractivity contribution in [2.75, 3.05) is 49.1 Å². The highest BCUT2D eigenvalue weighted by Gasteiger charge is 2.35. The van der Waals surface area contributed by atoms with Crippen LogP contribution in [0.25, 0.3) is 0 Å². The maximum absolute atomic E-state index is 12.6. The minimum Gasteiger partial charge on any atom is -0.368 e. The number of piperazine rings is 1. The maximum atomic E-state index is 12.6. The van der Waals surface area contributed by atoms with Crippen molar-refractivity contribution in [1.82, 2.24) is 10.2 Å². The van der Waals surface area contributed by atoms with Crippen molar-refractivity contribution in [1.29, 1.82) is 0 Å². The number of anilines is 2. The molecule has 2 aliphatic rings. The van der Waals surface area contributed by atoms with Crippen molar-refractivity contribution in [3.05, 3.63) is 58.6 Å². The molecule has 7 nitrogen and oxygen atoms in total. The third kappa shape index (κ3) is 4.96. The molecule has 2 fully saturated rings. The van der Waals surface area contributed by atoms with E-state index < -0.39 is 5.92 Å². The minimum absolute atomic E-state index is 0.0355. The molecule has 0 aromatic heterocycles. The second kappa shape index (κ2) is 9.73. The quantitative estimate of drug-likeness (QED) is 0.687. The van der Waals surface area contributed by atoms with Crippen LogP contribution in [0.3, 0.4) is 0 Å². The average Bonchev–Trinajstić information content (AvgIpc) is 3.21. The Hall–Kier alpha value is -2.87. The summed E-state index contributed by atoms with van der Waals surface area (Å²) in [5, 5.41) is 2.75. The highest BCUT2D eigenvalue weighted by molar-refractivity contribution is 9.10. The van der Waals surface area contributed by atoms with E-state index in [0.717, 1.165) is 34.5 Å². The first-order chi connectivity index (χ1) is 15.4. The Morgan fingerprint density at radius 3 is 2.44 bits per heavy atom. The van der Waals surface area contributed by atoms with Crippen LogP contribution in [-0.4, -0.2) is 61.9 Å². The van der Waals surface area contributed by atoms with Crippen LogP contribution >= 0.6 is 15.9 Å². The van der Waals surface area contributed by atoms with Crippen LogP contribution < -0.4 is 15.1 Å². The molecule has 1 N–H and O–H groups in total. The number of para-hydroxylation sites is 1. The first kappa shape index (κ1) is 22.3. The Balaban J connectivity index is 1.25. The van der Waals surface area contributed by atoms with Crippen molar-refractivity contribution >= 4 is 45.0 Å². The predicted octanol–water partition coefficient (Wildman–Crippen LogP) is 2.58. The monoisotopic (exact) mass is 498 g/mol. The summed E-state index contributed by atoms with van der Waals surface area (Å²) in [6, 6.07) is 15.8. The van der Waals surface area contributed by atoms with Gasteiger partial charge in [-0.3, -0.25) is 14.4 Å². The lowest BCUT2D eigenvalue weighted by molar-refractivity contribution is -0.134. The topological polar surface area (TPSA) is 73.0 Å². The van der Waals surface area contributed by atoms with Gasteiger partial charge in [0.25, 0.3) is 0 Å². The molecule has 2 aromatic carbocycles. The fraction of sp³-hybridized carbons (Fsp3) is 0.375. The first-order valence-corrected chi connectivity index (χ1v) is 11.6. The molecule has 4 rings (SSSR count). The van der Waals surface area contributed by atoms with Crippen molar-refractivity contribution < 1.29 is 14.4 Å². The van der Waals surface area contributed by atoms with E-state index in [4.69, 9.17) is 0 Å². The highest BCUT2D eigenvalue weighted by Crippen LogP contribution is 2.28. The Bertz CT molecular complexity index is 1010. The van der Waals surface area contributed by atoms with Crippen LogP contribution in [0.4, 0.5) is 11.4 Å². The number of aryl methyl sites for hydroxylation is 1. The molecule has 8 heteroatoms. The van der Waals surface area contributed by atoms with E-state index >= 15 is 0 Å². The molecule has 32 heavy (non-hydrogen) atoms. The second-order valence-electron chi connectivity index (χ2n) is 8.26. The summed E-state index contributed by atoms with van der Waals surface area (Å²) < 4.78 is 0.977. The molecule has 3 amide bonds. The van der Waals surface area contributed by atoms with E-state index in [2.05, 4.69) is 38.3 Å². The summed E-state index contributed by atoms with van der Waals surface area (Å²) in [4.78, 5) is 43.4. The zero-order valence-corrected chi connectivity index (χ0v) is 19.7. The fourth-order valence-electron chi connectivity index (χ4n) is 4.20. The van der Waals surface area contributed by atoms with E-state index in [9.17, 15) is 14.4 Å². The van der Waals surface area contributed by atoms with Crippen LogP contribution in [0.5, 0.6) is 0 Å². The number of benzene rings is 2. The van der Waals surface area contributed by atoms with Gasteiger partial charge in [0.15, 0.2) is 0 Å². The number of halogens is 1. The predicted molar refractivity (Wildman–Crippen MR) is 128 cm³/mol. The van der Waals surface area contributed by atoms with E-state index in [1.165, 1.54) is 0 Å². The maximum Gasteiger partial charge on any atom is 0.242 e. The van der Waals surface area contributed by atoms with Gasteiger partial charge in [-0.2, -0.15) is 0 Å². The zero-order valence-electron chi connectivity index (χ0n) is 18.1.